The van der Waals surface area contributed by atoms with Crippen LogP contribution < -0.4 is 11.4 Å². The average Bonchev–Trinajstić information content (AvgIpc) is 2.50. The van der Waals surface area contributed by atoms with Crippen LogP contribution in [-0.2, 0) is 6.42 Å². The highest BCUT2D eigenvalue weighted by atomic mass is 16.5. The van der Waals surface area contributed by atoms with Crippen molar-refractivity contribution in [2.24, 2.45) is 5.73 Å². The first-order valence-corrected chi connectivity index (χ1v) is 4.12. The SMILES string of the molecule is NCCc1cccc2c(=O)o[nH]c12. The van der Waals surface area contributed by atoms with Crippen LogP contribution in [0.3, 0.4) is 0 Å². The minimum atomic E-state index is -0.325. The van der Waals surface area contributed by atoms with Gasteiger partial charge in [0.15, 0.2) is 0 Å². The zero-order valence-corrected chi connectivity index (χ0v) is 7.04. The molecule has 68 valence electrons. The zero-order valence-electron chi connectivity index (χ0n) is 7.04. The Balaban J connectivity index is 2.69. The maximum atomic E-state index is 11.1. The Morgan fingerprint density at radius 2 is 2.31 bits per heavy atom. The standard InChI is InChI=1S/C9H10N2O2/c10-5-4-6-2-1-3-7-8(6)11-13-9(7)12/h1-3,11H,4-5,10H2. The Morgan fingerprint density at radius 3 is 3.08 bits per heavy atom. The Labute approximate surface area is 74.3 Å². The van der Waals surface area contributed by atoms with Gasteiger partial charge in [0.25, 0.3) is 0 Å². The van der Waals surface area contributed by atoms with Crippen LogP contribution in [0.2, 0.25) is 0 Å². The van der Waals surface area contributed by atoms with Crippen molar-refractivity contribution in [3.05, 3.63) is 34.2 Å². The van der Waals surface area contributed by atoms with Crippen molar-refractivity contribution in [1.29, 1.82) is 0 Å². The number of nitrogens with two attached hydrogens (primary N) is 1. The van der Waals surface area contributed by atoms with Gasteiger partial charge in [-0.25, -0.2) is 9.95 Å². The first kappa shape index (κ1) is 8.07. The minimum Gasteiger partial charge on any atom is -0.338 e. The number of nitrogens with one attached hydrogen (secondary N) is 1. The molecule has 0 saturated carbocycles. The fraction of sp³-hybridized carbons (Fsp3) is 0.222. The topological polar surface area (TPSA) is 72.0 Å². The minimum absolute atomic E-state index is 0.325. The molecule has 0 atom stereocenters. The summed E-state index contributed by atoms with van der Waals surface area (Å²) in [5.74, 6) is 0. The Bertz CT molecular complexity index is 470. The molecular formula is C9H10N2O2. The van der Waals surface area contributed by atoms with E-state index in [1.165, 1.54) is 0 Å². The lowest BCUT2D eigenvalue weighted by molar-refractivity contribution is 0.399. The molecule has 1 heterocycles. The molecule has 0 saturated heterocycles. The maximum absolute atomic E-state index is 11.1. The summed E-state index contributed by atoms with van der Waals surface area (Å²) in [7, 11) is 0. The molecule has 2 aromatic rings. The van der Waals surface area contributed by atoms with E-state index in [1.54, 1.807) is 6.07 Å². The number of hydrogen-bond acceptors (Lipinski definition) is 3. The van der Waals surface area contributed by atoms with Gasteiger partial charge in [0.05, 0.1) is 10.9 Å². The third kappa shape index (κ3) is 1.25. The fourth-order valence-corrected chi connectivity index (χ4v) is 1.41. The van der Waals surface area contributed by atoms with Crippen LogP contribution in [0.4, 0.5) is 0 Å². The van der Waals surface area contributed by atoms with E-state index >= 15 is 0 Å². The number of aromatic amines is 1. The van der Waals surface area contributed by atoms with E-state index in [1.807, 2.05) is 12.1 Å². The van der Waals surface area contributed by atoms with E-state index < -0.39 is 0 Å². The summed E-state index contributed by atoms with van der Waals surface area (Å²) in [5.41, 5.74) is 6.89. The van der Waals surface area contributed by atoms with E-state index in [9.17, 15) is 4.79 Å². The van der Waals surface area contributed by atoms with Crippen molar-refractivity contribution in [2.75, 3.05) is 6.54 Å². The second kappa shape index (κ2) is 3.06. The lowest BCUT2D eigenvalue weighted by atomic mass is 10.1. The second-order valence-corrected chi connectivity index (χ2v) is 2.87. The highest BCUT2D eigenvalue weighted by Crippen LogP contribution is 2.13. The molecule has 0 amide bonds. The smallest absolute Gasteiger partial charge is 0.338 e. The van der Waals surface area contributed by atoms with Gasteiger partial charge in [-0.2, -0.15) is 0 Å². The van der Waals surface area contributed by atoms with Gasteiger partial charge in [-0.05, 0) is 24.6 Å². The Morgan fingerprint density at radius 1 is 1.46 bits per heavy atom. The molecule has 0 spiro atoms. The summed E-state index contributed by atoms with van der Waals surface area (Å²) in [5, 5.41) is 3.19. The maximum Gasteiger partial charge on any atom is 0.365 e. The highest BCUT2D eigenvalue weighted by molar-refractivity contribution is 5.80. The molecule has 0 bridgehead atoms. The van der Waals surface area contributed by atoms with Crippen molar-refractivity contribution in [2.45, 2.75) is 6.42 Å². The van der Waals surface area contributed by atoms with Gasteiger partial charge in [-0.15, -0.1) is 0 Å². The van der Waals surface area contributed by atoms with Gasteiger partial charge in [0.1, 0.15) is 0 Å². The van der Waals surface area contributed by atoms with E-state index in [2.05, 4.69) is 9.68 Å². The molecule has 0 unspecified atom stereocenters. The Kier molecular flexibility index (Phi) is 1.90. The fourth-order valence-electron chi connectivity index (χ4n) is 1.41. The summed E-state index contributed by atoms with van der Waals surface area (Å²) in [6.07, 6.45) is 0.743. The predicted molar refractivity (Wildman–Crippen MR) is 49.6 cm³/mol. The average molecular weight is 178 g/mol. The monoisotopic (exact) mass is 178 g/mol. The van der Waals surface area contributed by atoms with Crippen molar-refractivity contribution in [1.82, 2.24) is 5.16 Å². The first-order valence-electron chi connectivity index (χ1n) is 4.12. The molecule has 4 nitrogen and oxygen atoms in total. The molecule has 1 aromatic carbocycles. The van der Waals surface area contributed by atoms with Gasteiger partial charge in [0.2, 0.25) is 0 Å². The summed E-state index contributed by atoms with van der Waals surface area (Å²) in [4.78, 5) is 11.1. The summed E-state index contributed by atoms with van der Waals surface area (Å²) in [6, 6.07) is 5.50. The zero-order chi connectivity index (χ0) is 9.26. The van der Waals surface area contributed by atoms with Gasteiger partial charge >= 0.3 is 5.63 Å². The lowest BCUT2D eigenvalue weighted by Gasteiger charge is -1.97. The van der Waals surface area contributed by atoms with Crippen molar-refractivity contribution < 1.29 is 4.52 Å². The molecule has 0 aliphatic rings. The molecule has 0 fully saturated rings. The predicted octanol–water partition coefficient (Wildman–Crippen LogP) is 0.622. The molecule has 13 heavy (non-hydrogen) atoms. The number of benzene rings is 1. The molecular weight excluding hydrogens is 168 g/mol. The number of rotatable bonds is 2. The van der Waals surface area contributed by atoms with Crippen LogP contribution in [0, 0.1) is 0 Å². The van der Waals surface area contributed by atoms with E-state index in [-0.39, 0.29) is 5.63 Å². The van der Waals surface area contributed by atoms with E-state index in [0.29, 0.717) is 11.9 Å². The Hall–Kier alpha value is -1.55. The van der Waals surface area contributed by atoms with Crippen LogP contribution in [-0.4, -0.2) is 11.7 Å². The number of hydrogen-bond donors (Lipinski definition) is 2. The molecule has 3 N–H and O–H groups in total. The number of para-hydroxylation sites is 1. The van der Waals surface area contributed by atoms with Gasteiger partial charge in [-0.1, -0.05) is 12.1 Å². The van der Waals surface area contributed by atoms with Crippen LogP contribution in [0.15, 0.2) is 27.5 Å². The quantitative estimate of drug-likeness (QED) is 0.708. The van der Waals surface area contributed by atoms with Crippen LogP contribution in [0.5, 0.6) is 0 Å². The van der Waals surface area contributed by atoms with E-state index in [0.717, 1.165) is 17.5 Å². The summed E-state index contributed by atoms with van der Waals surface area (Å²) < 4.78 is 4.68. The van der Waals surface area contributed by atoms with Crippen LogP contribution in [0.25, 0.3) is 10.9 Å². The van der Waals surface area contributed by atoms with Crippen molar-refractivity contribution in [3.63, 3.8) is 0 Å². The molecule has 0 aliphatic heterocycles. The van der Waals surface area contributed by atoms with Gasteiger partial charge in [-0.3, -0.25) is 0 Å². The van der Waals surface area contributed by atoms with Gasteiger partial charge < -0.3 is 10.3 Å². The lowest BCUT2D eigenvalue weighted by Crippen LogP contribution is -2.03. The van der Waals surface area contributed by atoms with Crippen LogP contribution >= 0.6 is 0 Å². The largest absolute Gasteiger partial charge is 0.365 e. The second-order valence-electron chi connectivity index (χ2n) is 2.87. The molecule has 4 heteroatoms. The normalized spacial score (nSPS) is 10.8. The third-order valence-corrected chi connectivity index (χ3v) is 2.03. The number of fused-ring (bicyclic) bond motifs is 1. The van der Waals surface area contributed by atoms with Crippen molar-refractivity contribution >= 4 is 10.9 Å². The summed E-state index contributed by atoms with van der Waals surface area (Å²) >= 11 is 0. The van der Waals surface area contributed by atoms with E-state index in [4.69, 9.17) is 5.73 Å². The van der Waals surface area contributed by atoms with Gasteiger partial charge in [0, 0.05) is 0 Å². The number of aromatic nitrogens is 1. The molecule has 1 aromatic heterocycles. The molecule has 0 radical (unpaired) electrons. The van der Waals surface area contributed by atoms with Crippen LogP contribution in [0.1, 0.15) is 5.56 Å². The highest BCUT2D eigenvalue weighted by Gasteiger charge is 2.05. The molecule has 0 aliphatic carbocycles. The number of H-pyrrole nitrogens is 1. The molecule has 2 rings (SSSR count). The summed E-state index contributed by atoms with van der Waals surface area (Å²) in [6.45, 7) is 0.562. The van der Waals surface area contributed by atoms with Crippen molar-refractivity contribution in [3.8, 4) is 0 Å². The first-order chi connectivity index (χ1) is 6.33. The third-order valence-electron chi connectivity index (χ3n) is 2.03.